The lowest BCUT2D eigenvalue weighted by atomic mass is 10.1. The highest BCUT2D eigenvalue weighted by atomic mass is 16.6. The van der Waals surface area contributed by atoms with Gasteiger partial charge in [-0.2, -0.15) is 0 Å². The highest BCUT2D eigenvalue weighted by Crippen LogP contribution is 2.33. The number of anilines is 1. The number of nitrogens with one attached hydrogen (secondary N) is 1. The number of pyridine rings is 1. The third-order valence-corrected chi connectivity index (χ3v) is 8.93. The minimum atomic E-state index is -0.257. The number of imidazole rings is 1. The molecule has 1 aliphatic rings. The summed E-state index contributed by atoms with van der Waals surface area (Å²) in [5.74, 6) is 1.85. The van der Waals surface area contributed by atoms with E-state index in [1.807, 2.05) is 35.2 Å². The fourth-order valence-corrected chi connectivity index (χ4v) is 6.21. The predicted octanol–water partition coefficient (Wildman–Crippen LogP) is 9.43. The summed E-state index contributed by atoms with van der Waals surface area (Å²) in [6, 6.07) is 25.2. The molecule has 3 aromatic carbocycles. The van der Waals surface area contributed by atoms with Crippen molar-refractivity contribution in [3.8, 4) is 0 Å². The Bertz CT molecular complexity index is 1810. The monoisotopic (exact) mass is 631 g/mol. The number of unbranched alkanes of at least 4 members (excludes halogenated alkanes) is 1. The lowest BCUT2D eigenvalue weighted by Crippen LogP contribution is -2.32. The Morgan fingerprint density at radius 2 is 1.66 bits per heavy atom. The van der Waals surface area contributed by atoms with Crippen LogP contribution in [0.2, 0.25) is 0 Å². The molecule has 1 fully saturated rings. The van der Waals surface area contributed by atoms with Gasteiger partial charge in [0.1, 0.15) is 17.9 Å². The molecule has 7 heteroatoms. The molecule has 5 aromatic rings. The number of carbonyl (C=O) groups is 1. The second kappa shape index (κ2) is 14.2. The van der Waals surface area contributed by atoms with Crippen molar-refractivity contribution >= 4 is 33.7 Å². The van der Waals surface area contributed by atoms with Gasteiger partial charge in [-0.05, 0) is 81.3 Å². The number of fused-ring (bicyclic) bond motifs is 3. The molecule has 2 aromatic heterocycles. The zero-order valence-electron chi connectivity index (χ0n) is 28.7. The molecule has 0 atom stereocenters. The van der Waals surface area contributed by atoms with E-state index in [1.54, 1.807) is 0 Å². The third-order valence-electron chi connectivity index (χ3n) is 8.93. The summed E-state index contributed by atoms with van der Waals surface area (Å²) < 4.78 is 8.22. The van der Waals surface area contributed by atoms with E-state index < -0.39 is 0 Å². The van der Waals surface area contributed by atoms with E-state index in [0.29, 0.717) is 13.1 Å². The molecule has 0 aliphatic heterocycles. The predicted molar refractivity (Wildman–Crippen MR) is 192 cm³/mol. The van der Waals surface area contributed by atoms with Gasteiger partial charge in [0, 0.05) is 42.7 Å². The number of carbonyl (C=O) groups excluding carboxylic acids is 1. The minimum absolute atomic E-state index is 0.00852. The van der Waals surface area contributed by atoms with Gasteiger partial charge in [0.15, 0.2) is 0 Å². The molecule has 6 rings (SSSR count). The van der Waals surface area contributed by atoms with Crippen LogP contribution in [0.4, 0.5) is 10.5 Å². The molecular formula is C40H49N5O2. The van der Waals surface area contributed by atoms with Crippen LogP contribution in [0, 0.1) is 12.8 Å². The number of ether oxygens (including phenoxy) is 1. The molecule has 0 saturated heterocycles. The summed E-state index contributed by atoms with van der Waals surface area (Å²) in [4.78, 5) is 25.2. The Hall–Kier alpha value is -4.39. The van der Waals surface area contributed by atoms with Crippen molar-refractivity contribution in [1.29, 1.82) is 0 Å². The highest BCUT2D eigenvalue weighted by molar-refractivity contribution is 6.03. The molecule has 0 spiro atoms. The standard InChI is InChI=1S/C40H49N5O2/c1-6-7-12-36-42-37-28(2)41-35-11-9-8-10-34(35)38(37)45(36)26-31-17-15-30(16-18-31)25-44(24-23-29-13-14-29)39(46)47-27-32-19-21-33(22-20-32)43-40(3,4)5/h8-11,15-22,29,43H,6-7,12-14,23-27H2,1-5H3. The van der Waals surface area contributed by atoms with Gasteiger partial charge < -0.3 is 19.5 Å². The SMILES string of the molecule is CCCCc1nc2c(C)nc3ccccc3c2n1Cc1ccc(CN(CCC2CC2)C(=O)OCc2ccc(NC(C)(C)C)cc2)cc1. The van der Waals surface area contributed by atoms with E-state index in [-0.39, 0.29) is 18.2 Å². The topological polar surface area (TPSA) is 72.3 Å². The number of hydrogen-bond acceptors (Lipinski definition) is 5. The van der Waals surface area contributed by atoms with Crippen LogP contribution in [-0.2, 0) is 30.9 Å². The van der Waals surface area contributed by atoms with Crippen molar-refractivity contribution in [3.05, 3.63) is 101 Å². The van der Waals surface area contributed by atoms with Crippen molar-refractivity contribution < 1.29 is 9.53 Å². The molecule has 1 N–H and O–H groups in total. The van der Waals surface area contributed by atoms with Crippen LogP contribution in [0.1, 0.15) is 88.0 Å². The second-order valence-electron chi connectivity index (χ2n) is 14.2. The third kappa shape index (κ3) is 8.31. The molecule has 246 valence electrons. The van der Waals surface area contributed by atoms with E-state index >= 15 is 0 Å². The van der Waals surface area contributed by atoms with E-state index in [1.165, 1.54) is 18.4 Å². The van der Waals surface area contributed by atoms with Gasteiger partial charge >= 0.3 is 6.09 Å². The maximum Gasteiger partial charge on any atom is 0.410 e. The van der Waals surface area contributed by atoms with E-state index in [2.05, 4.69) is 87.0 Å². The second-order valence-corrected chi connectivity index (χ2v) is 14.2. The van der Waals surface area contributed by atoms with Gasteiger partial charge in [-0.15, -0.1) is 0 Å². The number of para-hydroxylation sites is 1. The summed E-state index contributed by atoms with van der Waals surface area (Å²) in [6.45, 7) is 12.9. The van der Waals surface area contributed by atoms with Crippen LogP contribution < -0.4 is 5.32 Å². The number of benzene rings is 3. The Labute approximate surface area is 279 Å². The zero-order chi connectivity index (χ0) is 33.0. The number of amides is 1. The fraction of sp³-hybridized carbons (Fsp3) is 0.425. The van der Waals surface area contributed by atoms with Crippen molar-refractivity contribution in [2.24, 2.45) is 5.92 Å². The number of nitrogens with zero attached hydrogens (tertiary/aromatic N) is 4. The maximum atomic E-state index is 13.3. The maximum absolute atomic E-state index is 13.3. The molecular weight excluding hydrogens is 582 g/mol. The fourth-order valence-electron chi connectivity index (χ4n) is 6.21. The molecule has 1 aliphatic carbocycles. The van der Waals surface area contributed by atoms with Crippen LogP contribution in [-0.4, -0.2) is 37.6 Å². The lowest BCUT2D eigenvalue weighted by Gasteiger charge is -2.23. The number of aromatic nitrogens is 3. The molecule has 0 bridgehead atoms. The van der Waals surface area contributed by atoms with Crippen LogP contribution in [0.5, 0.6) is 0 Å². The Balaban J connectivity index is 1.16. The van der Waals surface area contributed by atoms with E-state index in [0.717, 1.165) is 88.4 Å². The Morgan fingerprint density at radius 1 is 0.957 bits per heavy atom. The number of rotatable bonds is 13. The number of aryl methyl sites for hydroxylation is 2. The van der Waals surface area contributed by atoms with Crippen molar-refractivity contribution in [2.45, 2.75) is 98.4 Å². The van der Waals surface area contributed by atoms with Crippen molar-refractivity contribution in [1.82, 2.24) is 19.4 Å². The van der Waals surface area contributed by atoms with Gasteiger partial charge in [0.25, 0.3) is 0 Å². The van der Waals surface area contributed by atoms with Crippen LogP contribution >= 0.6 is 0 Å². The normalized spacial score (nSPS) is 13.3. The van der Waals surface area contributed by atoms with Crippen LogP contribution in [0.3, 0.4) is 0 Å². The molecule has 1 saturated carbocycles. The molecule has 0 radical (unpaired) electrons. The molecule has 2 heterocycles. The van der Waals surface area contributed by atoms with E-state index in [9.17, 15) is 4.79 Å². The summed E-state index contributed by atoms with van der Waals surface area (Å²) in [5.41, 5.74) is 8.47. The van der Waals surface area contributed by atoms with Gasteiger partial charge in [0.05, 0.1) is 16.7 Å². The first-order chi connectivity index (χ1) is 22.7. The quantitative estimate of drug-likeness (QED) is 0.140. The van der Waals surface area contributed by atoms with Gasteiger partial charge in [-0.3, -0.25) is 4.98 Å². The molecule has 47 heavy (non-hydrogen) atoms. The first-order valence-corrected chi connectivity index (χ1v) is 17.3. The average molecular weight is 632 g/mol. The largest absolute Gasteiger partial charge is 0.445 e. The van der Waals surface area contributed by atoms with Gasteiger partial charge in [-0.1, -0.05) is 80.8 Å². The summed E-state index contributed by atoms with van der Waals surface area (Å²) in [7, 11) is 0. The first kappa shape index (κ1) is 32.5. The van der Waals surface area contributed by atoms with Gasteiger partial charge in [0.2, 0.25) is 0 Å². The van der Waals surface area contributed by atoms with Gasteiger partial charge in [-0.25, -0.2) is 9.78 Å². The number of hydrogen-bond donors (Lipinski definition) is 1. The molecule has 7 nitrogen and oxygen atoms in total. The van der Waals surface area contributed by atoms with Crippen LogP contribution in [0.25, 0.3) is 21.9 Å². The highest BCUT2D eigenvalue weighted by Gasteiger charge is 2.24. The minimum Gasteiger partial charge on any atom is -0.445 e. The lowest BCUT2D eigenvalue weighted by molar-refractivity contribution is 0.0926. The van der Waals surface area contributed by atoms with E-state index in [4.69, 9.17) is 14.7 Å². The molecule has 0 unspecified atom stereocenters. The smallest absolute Gasteiger partial charge is 0.410 e. The van der Waals surface area contributed by atoms with Crippen LogP contribution in [0.15, 0.2) is 72.8 Å². The summed E-state index contributed by atoms with van der Waals surface area (Å²) in [5, 5.41) is 4.61. The average Bonchev–Trinajstić information content (AvgIpc) is 3.81. The first-order valence-electron chi connectivity index (χ1n) is 17.3. The zero-order valence-corrected chi connectivity index (χ0v) is 28.7. The summed E-state index contributed by atoms with van der Waals surface area (Å²) in [6.07, 6.45) is 6.45. The van der Waals surface area contributed by atoms with Crippen molar-refractivity contribution in [3.63, 3.8) is 0 Å². The summed E-state index contributed by atoms with van der Waals surface area (Å²) >= 11 is 0. The molecule has 1 amide bonds. The Morgan fingerprint density at radius 3 is 2.36 bits per heavy atom. The Kier molecular flexibility index (Phi) is 9.81. The van der Waals surface area contributed by atoms with Crippen molar-refractivity contribution in [2.75, 3.05) is 11.9 Å².